The van der Waals surface area contributed by atoms with Crippen molar-refractivity contribution < 1.29 is 22.4 Å². The number of sulfonamides is 1. The number of hydrogen-bond acceptors (Lipinski definition) is 4. The van der Waals surface area contributed by atoms with Gasteiger partial charge in [0.2, 0.25) is 21.8 Å². The van der Waals surface area contributed by atoms with E-state index in [4.69, 9.17) is 0 Å². The van der Waals surface area contributed by atoms with Gasteiger partial charge < -0.3 is 10.2 Å². The summed E-state index contributed by atoms with van der Waals surface area (Å²) < 4.78 is 41.4. The number of carbonyl (C=O) groups excluding carboxylic acids is 2. The third-order valence-corrected chi connectivity index (χ3v) is 8.05. The summed E-state index contributed by atoms with van der Waals surface area (Å²) in [6, 6.07) is 22.0. The average molecular weight is 596 g/mol. The van der Waals surface area contributed by atoms with Gasteiger partial charge in [-0.05, 0) is 62.9 Å². The molecule has 0 aromatic heterocycles. The molecule has 1 N–H and O–H groups in total. The smallest absolute Gasteiger partial charge is 0.243 e. The standard InChI is InChI=1S/C33H42FN3O4S/c1-6-25-18-20-28(21-19-25)37(42(5,40)41)22-12-17-31(38)36(24-27-15-10-11-16-29(27)34)30(32(39)35-33(2,3)4)23-26-13-8-7-9-14-26/h7-11,13-16,18-21,30H,6,12,17,22-24H2,1-5H3,(H,35,39)/t30-/m1/s1. The molecule has 3 aromatic carbocycles. The van der Waals surface area contributed by atoms with Gasteiger partial charge in [0.25, 0.3) is 0 Å². The lowest BCUT2D eigenvalue weighted by atomic mass is 10.00. The number of nitrogens with zero attached hydrogens (tertiary/aromatic N) is 2. The Kier molecular flexibility index (Phi) is 11.3. The van der Waals surface area contributed by atoms with Crippen LogP contribution in [0.15, 0.2) is 78.9 Å². The molecular weight excluding hydrogens is 553 g/mol. The lowest BCUT2D eigenvalue weighted by Gasteiger charge is -2.34. The van der Waals surface area contributed by atoms with E-state index in [1.807, 2.05) is 70.2 Å². The van der Waals surface area contributed by atoms with Crippen molar-refractivity contribution in [1.82, 2.24) is 10.2 Å². The van der Waals surface area contributed by atoms with Gasteiger partial charge in [-0.2, -0.15) is 0 Å². The minimum Gasteiger partial charge on any atom is -0.350 e. The molecule has 226 valence electrons. The summed E-state index contributed by atoms with van der Waals surface area (Å²) >= 11 is 0. The highest BCUT2D eigenvalue weighted by Crippen LogP contribution is 2.22. The first-order valence-electron chi connectivity index (χ1n) is 14.2. The van der Waals surface area contributed by atoms with Crippen molar-refractivity contribution in [1.29, 1.82) is 0 Å². The Bertz CT molecular complexity index is 1440. The first-order chi connectivity index (χ1) is 19.8. The second-order valence-corrected chi connectivity index (χ2v) is 13.4. The van der Waals surface area contributed by atoms with E-state index in [-0.39, 0.29) is 44.2 Å². The zero-order valence-corrected chi connectivity index (χ0v) is 26.0. The van der Waals surface area contributed by atoms with Crippen LogP contribution in [0.25, 0.3) is 0 Å². The van der Waals surface area contributed by atoms with Gasteiger partial charge in [-0.15, -0.1) is 0 Å². The van der Waals surface area contributed by atoms with Gasteiger partial charge in [0.05, 0.1) is 11.9 Å². The second-order valence-electron chi connectivity index (χ2n) is 11.5. The molecule has 0 bridgehead atoms. The summed E-state index contributed by atoms with van der Waals surface area (Å²) in [6.07, 6.45) is 2.40. The molecule has 0 radical (unpaired) electrons. The van der Waals surface area contributed by atoms with Gasteiger partial charge in [-0.3, -0.25) is 13.9 Å². The van der Waals surface area contributed by atoms with Gasteiger partial charge in [0.1, 0.15) is 11.9 Å². The van der Waals surface area contributed by atoms with Crippen molar-refractivity contribution in [2.45, 2.75) is 71.5 Å². The number of amides is 2. The van der Waals surface area contributed by atoms with Crippen LogP contribution in [0.1, 0.15) is 57.2 Å². The lowest BCUT2D eigenvalue weighted by Crippen LogP contribution is -2.54. The van der Waals surface area contributed by atoms with Crippen molar-refractivity contribution >= 4 is 27.5 Å². The fourth-order valence-electron chi connectivity index (χ4n) is 4.72. The van der Waals surface area contributed by atoms with E-state index in [1.54, 1.807) is 30.3 Å². The second kappa shape index (κ2) is 14.4. The third-order valence-electron chi connectivity index (χ3n) is 6.85. The van der Waals surface area contributed by atoms with Crippen molar-refractivity contribution in [3.63, 3.8) is 0 Å². The van der Waals surface area contributed by atoms with Crippen LogP contribution in [0.4, 0.5) is 10.1 Å². The van der Waals surface area contributed by atoms with Crippen molar-refractivity contribution in [3.05, 3.63) is 101 Å². The molecule has 0 spiro atoms. The molecular formula is C33H42FN3O4S. The van der Waals surface area contributed by atoms with Crippen molar-refractivity contribution in [2.24, 2.45) is 0 Å². The van der Waals surface area contributed by atoms with Crippen LogP contribution in [0.5, 0.6) is 0 Å². The Morgan fingerprint density at radius 3 is 2.10 bits per heavy atom. The monoisotopic (exact) mass is 595 g/mol. The average Bonchev–Trinajstić information content (AvgIpc) is 2.93. The molecule has 42 heavy (non-hydrogen) atoms. The normalized spacial score (nSPS) is 12.4. The molecule has 1 atom stereocenters. The van der Waals surface area contributed by atoms with Crippen molar-refractivity contribution in [3.8, 4) is 0 Å². The molecule has 0 aliphatic rings. The number of benzene rings is 3. The third kappa shape index (κ3) is 9.69. The van der Waals surface area contributed by atoms with Gasteiger partial charge in [0.15, 0.2) is 0 Å². The van der Waals surface area contributed by atoms with Crippen LogP contribution in [0.2, 0.25) is 0 Å². The van der Waals surface area contributed by atoms with Crippen molar-refractivity contribution in [2.75, 3.05) is 17.1 Å². The fraction of sp³-hybridized carbons (Fsp3) is 0.394. The number of halogens is 1. The van der Waals surface area contributed by atoms with Crippen LogP contribution in [0.3, 0.4) is 0 Å². The van der Waals surface area contributed by atoms with Gasteiger partial charge in [-0.1, -0.05) is 67.6 Å². The summed E-state index contributed by atoms with van der Waals surface area (Å²) in [5.74, 6) is -1.17. The SMILES string of the molecule is CCc1ccc(N(CCCC(=O)N(Cc2ccccc2F)[C@H](Cc2ccccc2)C(=O)NC(C)(C)C)S(C)(=O)=O)cc1. The van der Waals surface area contributed by atoms with Crippen LogP contribution in [0, 0.1) is 5.82 Å². The zero-order chi connectivity index (χ0) is 30.9. The van der Waals surface area contributed by atoms with Crippen LogP contribution >= 0.6 is 0 Å². The van der Waals surface area contributed by atoms with Gasteiger partial charge >= 0.3 is 0 Å². The Labute approximate surface area is 249 Å². The minimum atomic E-state index is -3.61. The van der Waals surface area contributed by atoms with Crippen LogP contribution in [-0.4, -0.2) is 49.5 Å². The Morgan fingerprint density at radius 2 is 1.52 bits per heavy atom. The number of rotatable bonds is 13. The lowest BCUT2D eigenvalue weighted by molar-refractivity contribution is -0.142. The molecule has 2 amide bonds. The Balaban J connectivity index is 1.90. The number of hydrogen-bond donors (Lipinski definition) is 1. The predicted octanol–water partition coefficient (Wildman–Crippen LogP) is 5.49. The van der Waals surface area contributed by atoms with Gasteiger partial charge in [-0.25, -0.2) is 12.8 Å². The molecule has 0 unspecified atom stereocenters. The molecule has 0 heterocycles. The first kappa shape index (κ1) is 32.8. The summed E-state index contributed by atoms with van der Waals surface area (Å²) in [4.78, 5) is 28.9. The molecule has 0 aliphatic heterocycles. The summed E-state index contributed by atoms with van der Waals surface area (Å²) in [5.41, 5.74) is 2.21. The zero-order valence-electron chi connectivity index (χ0n) is 25.1. The molecule has 0 saturated heterocycles. The number of nitrogens with one attached hydrogen (secondary N) is 1. The van der Waals surface area contributed by atoms with E-state index in [1.165, 1.54) is 15.3 Å². The van der Waals surface area contributed by atoms with E-state index < -0.39 is 27.4 Å². The van der Waals surface area contributed by atoms with E-state index >= 15 is 0 Å². The number of carbonyl (C=O) groups is 2. The molecule has 9 heteroatoms. The molecule has 0 saturated carbocycles. The van der Waals surface area contributed by atoms with Crippen LogP contribution in [-0.2, 0) is 39.0 Å². The van der Waals surface area contributed by atoms with Crippen LogP contribution < -0.4 is 9.62 Å². The van der Waals surface area contributed by atoms with Gasteiger partial charge in [0, 0.05) is 37.0 Å². The van der Waals surface area contributed by atoms with E-state index in [0.29, 0.717) is 11.3 Å². The molecule has 0 fully saturated rings. The summed E-state index contributed by atoms with van der Waals surface area (Å²) in [7, 11) is -3.61. The first-order valence-corrected chi connectivity index (χ1v) is 16.1. The Hall–Kier alpha value is -3.72. The predicted molar refractivity (Wildman–Crippen MR) is 166 cm³/mol. The molecule has 3 aromatic rings. The number of aryl methyl sites for hydroxylation is 1. The largest absolute Gasteiger partial charge is 0.350 e. The quantitative estimate of drug-likeness (QED) is 0.283. The minimum absolute atomic E-state index is 0.0262. The summed E-state index contributed by atoms with van der Waals surface area (Å²) in [6.45, 7) is 7.59. The highest BCUT2D eigenvalue weighted by molar-refractivity contribution is 7.92. The molecule has 3 rings (SSSR count). The topological polar surface area (TPSA) is 86.8 Å². The Morgan fingerprint density at radius 1 is 0.905 bits per heavy atom. The maximum Gasteiger partial charge on any atom is 0.243 e. The fourth-order valence-corrected chi connectivity index (χ4v) is 5.68. The van der Waals surface area contributed by atoms with E-state index in [2.05, 4.69) is 5.32 Å². The number of anilines is 1. The maximum atomic E-state index is 14.8. The highest BCUT2D eigenvalue weighted by atomic mass is 32.2. The highest BCUT2D eigenvalue weighted by Gasteiger charge is 2.32. The molecule has 7 nitrogen and oxygen atoms in total. The maximum absolute atomic E-state index is 14.8. The van der Waals surface area contributed by atoms with E-state index in [0.717, 1.165) is 23.8 Å². The summed E-state index contributed by atoms with van der Waals surface area (Å²) in [5, 5.41) is 2.99. The van der Waals surface area contributed by atoms with E-state index in [9.17, 15) is 22.4 Å². The molecule has 0 aliphatic carbocycles.